The van der Waals surface area contributed by atoms with Crippen molar-refractivity contribution >= 4 is 29.1 Å². The first-order valence-electron chi connectivity index (χ1n) is 6.21. The third-order valence-corrected chi connectivity index (χ3v) is 4.08. The first-order chi connectivity index (χ1) is 9.69. The standard InChI is InChI=1S/C16H15ClO2S/c1-19-16-8-7-13(17)9-12(16)10-14(18)11-20-15-5-3-2-4-6-15/h2-9H,10-11H2,1H3. The SMILES string of the molecule is COc1ccc(Cl)cc1CC(=O)CSc1ccccc1. The van der Waals surface area contributed by atoms with E-state index >= 15 is 0 Å². The van der Waals surface area contributed by atoms with Gasteiger partial charge in [-0.2, -0.15) is 0 Å². The third-order valence-electron chi connectivity index (χ3n) is 2.77. The number of hydrogen-bond donors (Lipinski definition) is 0. The van der Waals surface area contributed by atoms with Crippen LogP contribution in [0.25, 0.3) is 0 Å². The Hall–Kier alpha value is -1.45. The number of Topliss-reactive ketones (excluding diaryl/α,β-unsaturated/α-hetero) is 1. The molecule has 0 spiro atoms. The van der Waals surface area contributed by atoms with Crippen molar-refractivity contribution in [2.75, 3.05) is 12.9 Å². The molecule has 0 bridgehead atoms. The summed E-state index contributed by atoms with van der Waals surface area (Å²) in [7, 11) is 1.59. The number of rotatable bonds is 6. The normalized spacial score (nSPS) is 10.3. The summed E-state index contributed by atoms with van der Waals surface area (Å²) in [5.41, 5.74) is 0.832. The second kappa shape index (κ2) is 7.36. The summed E-state index contributed by atoms with van der Waals surface area (Å²) in [6.45, 7) is 0. The molecule has 0 aliphatic carbocycles. The van der Waals surface area contributed by atoms with Gasteiger partial charge in [0, 0.05) is 21.9 Å². The first-order valence-corrected chi connectivity index (χ1v) is 7.57. The van der Waals surface area contributed by atoms with E-state index in [0.29, 0.717) is 22.9 Å². The third kappa shape index (κ3) is 4.29. The Kier molecular flexibility index (Phi) is 5.50. The molecule has 2 aromatic rings. The van der Waals surface area contributed by atoms with Crippen LogP contribution in [0.1, 0.15) is 5.56 Å². The largest absolute Gasteiger partial charge is 0.496 e. The molecule has 0 N–H and O–H groups in total. The average molecular weight is 307 g/mol. The van der Waals surface area contributed by atoms with Crippen molar-refractivity contribution in [1.82, 2.24) is 0 Å². The molecule has 0 fully saturated rings. The Morgan fingerprint density at radius 3 is 2.65 bits per heavy atom. The molecular weight excluding hydrogens is 292 g/mol. The number of halogens is 1. The maximum absolute atomic E-state index is 12.0. The van der Waals surface area contributed by atoms with Gasteiger partial charge in [0.1, 0.15) is 11.5 Å². The molecule has 0 saturated carbocycles. The molecule has 4 heteroatoms. The fourth-order valence-electron chi connectivity index (χ4n) is 1.83. The van der Waals surface area contributed by atoms with Crippen molar-refractivity contribution in [3.63, 3.8) is 0 Å². The highest BCUT2D eigenvalue weighted by atomic mass is 35.5. The number of carbonyl (C=O) groups excluding carboxylic acids is 1. The maximum Gasteiger partial charge on any atom is 0.147 e. The molecule has 0 aliphatic rings. The highest BCUT2D eigenvalue weighted by Crippen LogP contribution is 2.24. The topological polar surface area (TPSA) is 26.3 Å². The van der Waals surface area contributed by atoms with E-state index in [2.05, 4.69) is 0 Å². The number of benzene rings is 2. The van der Waals surface area contributed by atoms with E-state index in [0.717, 1.165) is 10.5 Å². The monoisotopic (exact) mass is 306 g/mol. The number of thioether (sulfide) groups is 1. The van der Waals surface area contributed by atoms with Crippen LogP contribution in [0.3, 0.4) is 0 Å². The van der Waals surface area contributed by atoms with Crippen LogP contribution >= 0.6 is 23.4 Å². The van der Waals surface area contributed by atoms with Crippen LogP contribution in [-0.4, -0.2) is 18.6 Å². The summed E-state index contributed by atoms with van der Waals surface area (Å²) in [4.78, 5) is 13.1. The molecule has 2 rings (SSSR count). The quantitative estimate of drug-likeness (QED) is 0.746. The zero-order valence-electron chi connectivity index (χ0n) is 11.1. The highest BCUT2D eigenvalue weighted by Gasteiger charge is 2.10. The van der Waals surface area contributed by atoms with Gasteiger partial charge in [0.05, 0.1) is 12.9 Å². The Morgan fingerprint density at radius 2 is 1.95 bits per heavy atom. The van der Waals surface area contributed by atoms with Crippen molar-refractivity contribution in [2.24, 2.45) is 0 Å². The Morgan fingerprint density at radius 1 is 1.20 bits per heavy atom. The van der Waals surface area contributed by atoms with Crippen LogP contribution in [0.15, 0.2) is 53.4 Å². The van der Waals surface area contributed by atoms with Crippen LogP contribution in [-0.2, 0) is 11.2 Å². The van der Waals surface area contributed by atoms with Gasteiger partial charge in [0.15, 0.2) is 0 Å². The van der Waals surface area contributed by atoms with E-state index in [1.165, 1.54) is 0 Å². The summed E-state index contributed by atoms with van der Waals surface area (Å²) in [6, 6.07) is 15.2. The number of ether oxygens (including phenoxy) is 1. The van der Waals surface area contributed by atoms with E-state index in [-0.39, 0.29) is 5.78 Å². The molecule has 0 heterocycles. The van der Waals surface area contributed by atoms with Gasteiger partial charge in [-0.15, -0.1) is 11.8 Å². The molecule has 0 radical (unpaired) electrons. The summed E-state index contributed by atoms with van der Waals surface area (Å²) < 4.78 is 5.25. The van der Waals surface area contributed by atoms with Crippen LogP contribution in [0, 0.1) is 0 Å². The summed E-state index contributed by atoms with van der Waals surface area (Å²) in [5, 5.41) is 0.615. The van der Waals surface area contributed by atoms with Gasteiger partial charge < -0.3 is 4.74 Å². The van der Waals surface area contributed by atoms with Crippen molar-refractivity contribution in [2.45, 2.75) is 11.3 Å². The van der Waals surface area contributed by atoms with Crippen molar-refractivity contribution in [1.29, 1.82) is 0 Å². The zero-order chi connectivity index (χ0) is 14.4. The van der Waals surface area contributed by atoms with Crippen molar-refractivity contribution < 1.29 is 9.53 Å². The van der Waals surface area contributed by atoms with Crippen LogP contribution in [0.4, 0.5) is 0 Å². The lowest BCUT2D eigenvalue weighted by Gasteiger charge is -2.08. The molecule has 0 aliphatic heterocycles. The Balaban J connectivity index is 1.96. The van der Waals surface area contributed by atoms with Gasteiger partial charge in [0.2, 0.25) is 0 Å². The lowest BCUT2D eigenvalue weighted by molar-refractivity contribution is -0.116. The van der Waals surface area contributed by atoms with Crippen molar-refractivity contribution in [3.05, 3.63) is 59.1 Å². The first kappa shape index (κ1) is 14.9. The number of ketones is 1. The highest BCUT2D eigenvalue weighted by molar-refractivity contribution is 8.00. The second-order valence-corrected chi connectivity index (χ2v) is 5.76. The van der Waals surface area contributed by atoms with Gasteiger partial charge in [-0.25, -0.2) is 0 Å². The Bertz CT molecular complexity index is 584. The molecule has 2 nitrogen and oxygen atoms in total. The number of hydrogen-bond acceptors (Lipinski definition) is 3. The van der Waals surface area contributed by atoms with Crippen LogP contribution in [0.2, 0.25) is 5.02 Å². The van der Waals surface area contributed by atoms with Gasteiger partial charge in [-0.1, -0.05) is 29.8 Å². The van der Waals surface area contributed by atoms with E-state index in [4.69, 9.17) is 16.3 Å². The molecule has 104 valence electrons. The smallest absolute Gasteiger partial charge is 0.147 e. The van der Waals surface area contributed by atoms with Gasteiger partial charge >= 0.3 is 0 Å². The molecule has 20 heavy (non-hydrogen) atoms. The molecule has 0 aromatic heterocycles. The molecule has 0 amide bonds. The summed E-state index contributed by atoms with van der Waals surface area (Å²) in [6.07, 6.45) is 0.337. The molecular formula is C16H15ClO2S. The average Bonchev–Trinajstić information content (AvgIpc) is 2.46. The van der Waals surface area contributed by atoms with Gasteiger partial charge in [-0.05, 0) is 30.3 Å². The Labute approximate surface area is 128 Å². The molecule has 0 unspecified atom stereocenters. The predicted octanol–water partition coefficient (Wildman–Crippen LogP) is 4.25. The predicted molar refractivity (Wildman–Crippen MR) is 83.9 cm³/mol. The van der Waals surface area contributed by atoms with Gasteiger partial charge in [0.25, 0.3) is 0 Å². The number of carbonyl (C=O) groups is 1. The van der Waals surface area contributed by atoms with E-state index in [1.54, 1.807) is 37.1 Å². The van der Waals surface area contributed by atoms with Gasteiger partial charge in [-0.3, -0.25) is 4.79 Å². The van der Waals surface area contributed by atoms with E-state index in [9.17, 15) is 4.79 Å². The lowest BCUT2D eigenvalue weighted by atomic mass is 10.1. The molecule has 0 atom stereocenters. The minimum Gasteiger partial charge on any atom is -0.496 e. The van der Waals surface area contributed by atoms with Crippen molar-refractivity contribution in [3.8, 4) is 5.75 Å². The number of methoxy groups -OCH3 is 1. The minimum absolute atomic E-state index is 0.152. The van der Waals surface area contributed by atoms with E-state index < -0.39 is 0 Å². The second-order valence-electron chi connectivity index (χ2n) is 4.27. The fourth-order valence-corrected chi connectivity index (χ4v) is 2.80. The molecule has 0 saturated heterocycles. The lowest BCUT2D eigenvalue weighted by Crippen LogP contribution is -2.07. The van der Waals surface area contributed by atoms with Crippen LogP contribution < -0.4 is 4.74 Å². The molecule has 2 aromatic carbocycles. The maximum atomic E-state index is 12.0. The minimum atomic E-state index is 0.152. The fraction of sp³-hybridized carbons (Fsp3) is 0.188. The van der Waals surface area contributed by atoms with E-state index in [1.807, 2.05) is 30.3 Å². The zero-order valence-corrected chi connectivity index (χ0v) is 12.7. The summed E-state index contributed by atoms with van der Waals surface area (Å²) >= 11 is 7.50. The summed E-state index contributed by atoms with van der Waals surface area (Å²) in [5.74, 6) is 1.30. The van der Waals surface area contributed by atoms with Crippen LogP contribution in [0.5, 0.6) is 5.75 Å².